The molecule has 2 aromatic carbocycles. The van der Waals surface area contributed by atoms with Crippen LogP contribution in [0.15, 0.2) is 53.3 Å². The third kappa shape index (κ3) is 4.00. The summed E-state index contributed by atoms with van der Waals surface area (Å²) in [7, 11) is 0. The SMILES string of the molecule is O=c1[nH]c2cccc(OC[C@@H](O)CNCc3ccccc3)c2[nH]1. The molecule has 23 heavy (non-hydrogen) atoms. The highest BCUT2D eigenvalue weighted by atomic mass is 16.5. The van der Waals surface area contributed by atoms with E-state index in [1.165, 1.54) is 0 Å². The lowest BCUT2D eigenvalue weighted by atomic mass is 10.2. The number of rotatable bonds is 7. The van der Waals surface area contributed by atoms with Gasteiger partial charge in [0.05, 0.1) is 5.52 Å². The van der Waals surface area contributed by atoms with Gasteiger partial charge in [-0.05, 0) is 17.7 Å². The number of ether oxygens (including phenoxy) is 1. The Morgan fingerprint density at radius 1 is 1.09 bits per heavy atom. The number of aliphatic hydroxyl groups excluding tert-OH is 1. The zero-order chi connectivity index (χ0) is 16.1. The summed E-state index contributed by atoms with van der Waals surface area (Å²) in [5.41, 5.74) is 2.18. The summed E-state index contributed by atoms with van der Waals surface area (Å²) in [6.45, 7) is 1.27. The van der Waals surface area contributed by atoms with Crippen LogP contribution in [0.3, 0.4) is 0 Å². The summed E-state index contributed by atoms with van der Waals surface area (Å²) >= 11 is 0. The van der Waals surface area contributed by atoms with Crippen molar-refractivity contribution in [2.45, 2.75) is 12.6 Å². The van der Waals surface area contributed by atoms with E-state index in [0.717, 1.165) is 5.56 Å². The van der Waals surface area contributed by atoms with Crippen molar-refractivity contribution in [2.75, 3.05) is 13.2 Å². The summed E-state index contributed by atoms with van der Waals surface area (Å²) in [5, 5.41) is 13.2. The maximum atomic E-state index is 11.3. The molecule has 0 fully saturated rings. The van der Waals surface area contributed by atoms with E-state index in [-0.39, 0.29) is 12.3 Å². The monoisotopic (exact) mass is 313 g/mol. The molecule has 0 radical (unpaired) electrons. The first-order valence-corrected chi connectivity index (χ1v) is 7.49. The van der Waals surface area contributed by atoms with Gasteiger partial charge in [-0.3, -0.25) is 0 Å². The Kier molecular flexibility index (Phi) is 4.75. The molecule has 0 saturated heterocycles. The fraction of sp³-hybridized carbons (Fsp3) is 0.235. The van der Waals surface area contributed by atoms with Crippen LogP contribution in [-0.2, 0) is 6.54 Å². The van der Waals surface area contributed by atoms with Gasteiger partial charge < -0.3 is 25.1 Å². The number of imidazole rings is 1. The predicted octanol–water partition coefficient (Wildman–Crippen LogP) is 1.39. The Balaban J connectivity index is 1.50. The number of hydrogen-bond acceptors (Lipinski definition) is 4. The van der Waals surface area contributed by atoms with Crippen LogP contribution in [0.5, 0.6) is 5.75 Å². The molecule has 0 amide bonds. The van der Waals surface area contributed by atoms with Gasteiger partial charge >= 0.3 is 5.69 Å². The minimum atomic E-state index is -0.639. The van der Waals surface area contributed by atoms with Gasteiger partial charge in [0.15, 0.2) is 0 Å². The lowest BCUT2D eigenvalue weighted by Crippen LogP contribution is -2.31. The molecular formula is C17H19N3O3. The van der Waals surface area contributed by atoms with Crippen molar-refractivity contribution in [1.82, 2.24) is 15.3 Å². The first-order chi connectivity index (χ1) is 11.2. The molecule has 6 heteroatoms. The van der Waals surface area contributed by atoms with Crippen molar-refractivity contribution in [1.29, 1.82) is 0 Å². The van der Waals surface area contributed by atoms with Gasteiger partial charge in [-0.1, -0.05) is 36.4 Å². The Hall–Kier alpha value is -2.57. The lowest BCUT2D eigenvalue weighted by Gasteiger charge is -2.13. The highest BCUT2D eigenvalue weighted by molar-refractivity contribution is 5.80. The molecule has 0 bridgehead atoms. The van der Waals surface area contributed by atoms with E-state index >= 15 is 0 Å². The standard InChI is InChI=1S/C17H19N3O3/c21-13(10-18-9-12-5-2-1-3-6-12)11-23-15-8-4-7-14-16(15)20-17(22)19-14/h1-8,13,18,21H,9-11H2,(H2,19,20,22)/t13-/m0/s1. The van der Waals surface area contributed by atoms with E-state index in [9.17, 15) is 9.90 Å². The second kappa shape index (κ2) is 7.13. The van der Waals surface area contributed by atoms with E-state index in [1.54, 1.807) is 18.2 Å². The van der Waals surface area contributed by atoms with Gasteiger partial charge in [0, 0.05) is 13.1 Å². The number of fused-ring (bicyclic) bond motifs is 1. The maximum Gasteiger partial charge on any atom is 0.323 e. The van der Waals surface area contributed by atoms with Crippen molar-refractivity contribution < 1.29 is 9.84 Å². The fourth-order valence-corrected chi connectivity index (χ4v) is 2.38. The number of benzene rings is 2. The lowest BCUT2D eigenvalue weighted by molar-refractivity contribution is 0.107. The van der Waals surface area contributed by atoms with Gasteiger partial charge in [-0.25, -0.2) is 4.79 Å². The van der Waals surface area contributed by atoms with E-state index < -0.39 is 6.10 Å². The number of hydrogen-bond donors (Lipinski definition) is 4. The summed E-state index contributed by atoms with van der Waals surface area (Å²) in [5.74, 6) is 0.544. The van der Waals surface area contributed by atoms with Gasteiger partial charge in [0.2, 0.25) is 0 Å². The molecule has 0 aliphatic carbocycles. The fourth-order valence-electron chi connectivity index (χ4n) is 2.38. The highest BCUT2D eigenvalue weighted by Crippen LogP contribution is 2.20. The van der Waals surface area contributed by atoms with Crippen LogP contribution in [0, 0.1) is 0 Å². The van der Waals surface area contributed by atoms with Gasteiger partial charge in [0.25, 0.3) is 0 Å². The number of nitrogens with one attached hydrogen (secondary N) is 3. The summed E-state index contributed by atoms with van der Waals surface area (Å²) in [4.78, 5) is 16.7. The third-order valence-corrected chi connectivity index (χ3v) is 3.50. The Morgan fingerprint density at radius 3 is 2.74 bits per heavy atom. The molecule has 1 heterocycles. The summed E-state index contributed by atoms with van der Waals surface area (Å²) in [6, 6.07) is 15.3. The first-order valence-electron chi connectivity index (χ1n) is 7.49. The predicted molar refractivity (Wildman–Crippen MR) is 88.6 cm³/mol. The van der Waals surface area contributed by atoms with E-state index in [0.29, 0.717) is 29.9 Å². The molecule has 0 aliphatic rings. The second-order valence-electron chi connectivity index (χ2n) is 5.34. The number of aromatic nitrogens is 2. The maximum absolute atomic E-state index is 11.3. The van der Waals surface area contributed by atoms with Gasteiger partial charge in [-0.15, -0.1) is 0 Å². The van der Waals surface area contributed by atoms with Crippen molar-refractivity contribution in [3.05, 3.63) is 64.6 Å². The van der Waals surface area contributed by atoms with E-state index in [4.69, 9.17) is 4.74 Å². The molecular weight excluding hydrogens is 294 g/mol. The smallest absolute Gasteiger partial charge is 0.323 e. The van der Waals surface area contributed by atoms with Crippen LogP contribution < -0.4 is 15.7 Å². The Morgan fingerprint density at radius 2 is 1.91 bits per heavy atom. The van der Waals surface area contributed by atoms with Crippen LogP contribution in [0.2, 0.25) is 0 Å². The minimum Gasteiger partial charge on any atom is -0.489 e. The molecule has 120 valence electrons. The highest BCUT2D eigenvalue weighted by Gasteiger charge is 2.09. The van der Waals surface area contributed by atoms with Gasteiger partial charge in [-0.2, -0.15) is 0 Å². The van der Waals surface area contributed by atoms with E-state index in [2.05, 4.69) is 15.3 Å². The van der Waals surface area contributed by atoms with Crippen LogP contribution in [-0.4, -0.2) is 34.3 Å². The minimum absolute atomic E-state index is 0.147. The zero-order valence-electron chi connectivity index (χ0n) is 12.6. The normalized spacial score (nSPS) is 12.4. The van der Waals surface area contributed by atoms with Crippen molar-refractivity contribution >= 4 is 11.0 Å². The van der Waals surface area contributed by atoms with Crippen LogP contribution in [0.1, 0.15) is 5.56 Å². The van der Waals surface area contributed by atoms with Crippen molar-refractivity contribution in [3.8, 4) is 5.75 Å². The van der Waals surface area contributed by atoms with E-state index in [1.807, 2.05) is 30.3 Å². The molecule has 0 unspecified atom stereocenters. The number of aliphatic hydroxyl groups is 1. The van der Waals surface area contributed by atoms with Gasteiger partial charge in [0.1, 0.15) is 24.0 Å². The number of aromatic amines is 2. The molecule has 0 aliphatic heterocycles. The van der Waals surface area contributed by atoms with Crippen LogP contribution in [0.25, 0.3) is 11.0 Å². The Bertz CT molecular complexity index is 811. The molecule has 6 nitrogen and oxygen atoms in total. The van der Waals surface area contributed by atoms with Crippen molar-refractivity contribution in [3.63, 3.8) is 0 Å². The molecule has 3 rings (SSSR count). The summed E-state index contributed by atoms with van der Waals surface area (Å²) < 4.78 is 5.62. The topological polar surface area (TPSA) is 90.1 Å². The largest absolute Gasteiger partial charge is 0.489 e. The molecule has 1 atom stereocenters. The number of para-hydroxylation sites is 1. The molecule has 0 saturated carbocycles. The molecule has 3 aromatic rings. The average molecular weight is 313 g/mol. The zero-order valence-corrected chi connectivity index (χ0v) is 12.6. The average Bonchev–Trinajstić information content (AvgIpc) is 2.94. The molecule has 4 N–H and O–H groups in total. The quantitative estimate of drug-likeness (QED) is 0.530. The Labute approximate surface area is 133 Å². The molecule has 0 spiro atoms. The number of H-pyrrole nitrogens is 2. The van der Waals surface area contributed by atoms with Crippen molar-refractivity contribution in [2.24, 2.45) is 0 Å². The second-order valence-corrected chi connectivity index (χ2v) is 5.34. The third-order valence-electron chi connectivity index (χ3n) is 3.50. The van der Waals surface area contributed by atoms with Crippen LogP contribution >= 0.6 is 0 Å². The summed E-state index contributed by atoms with van der Waals surface area (Å²) in [6.07, 6.45) is -0.639. The molecule has 1 aromatic heterocycles. The first kappa shape index (κ1) is 15.3. The van der Waals surface area contributed by atoms with Crippen LogP contribution in [0.4, 0.5) is 0 Å².